The number of esters is 1. The van der Waals surface area contributed by atoms with E-state index in [-0.39, 0.29) is 23.4 Å². The van der Waals surface area contributed by atoms with Crippen molar-refractivity contribution < 1.29 is 27.4 Å². The molecule has 146 valence electrons. The van der Waals surface area contributed by atoms with Crippen molar-refractivity contribution in [1.82, 2.24) is 0 Å². The highest BCUT2D eigenvalue weighted by Gasteiger charge is 2.29. The fraction of sp³-hybridized carbons (Fsp3) is 0.650. The minimum atomic E-state index is -2.64. The Balaban J connectivity index is 1.83. The highest BCUT2D eigenvalue weighted by molar-refractivity contribution is 5.72. The lowest BCUT2D eigenvalue weighted by Crippen LogP contribution is -2.24. The van der Waals surface area contributed by atoms with Crippen LogP contribution in [0.1, 0.15) is 63.4 Å². The maximum absolute atomic E-state index is 14.2. The van der Waals surface area contributed by atoms with E-state index in [2.05, 4.69) is 11.7 Å². The Morgan fingerprint density at radius 3 is 2.54 bits per heavy atom. The number of halogens is 3. The third-order valence-corrected chi connectivity index (χ3v) is 4.84. The van der Waals surface area contributed by atoms with E-state index in [1.807, 2.05) is 6.07 Å². The predicted molar refractivity (Wildman–Crippen MR) is 93.1 cm³/mol. The first-order valence-electron chi connectivity index (χ1n) is 9.38. The predicted octanol–water partition coefficient (Wildman–Crippen LogP) is 5.48. The van der Waals surface area contributed by atoms with Crippen molar-refractivity contribution in [2.45, 2.75) is 64.2 Å². The van der Waals surface area contributed by atoms with Crippen LogP contribution in [-0.2, 0) is 9.53 Å². The summed E-state index contributed by atoms with van der Waals surface area (Å²) in [5.41, 5.74) is 0.891. The molecule has 0 saturated heterocycles. The molecule has 3 nitrogen and oxygen atoms in total. The number of carbonyl (C=O) groups excluding carboxylic acids is 1. The van der Waals surface area contributed by atoms with Gasteiger partial charge in [-0.2, -0.15) is 0 Å². The molecule has 1 aromatic carbocycles. The van der Waals surface area contributed by atoms with Gasteiger partial charge in [0.15, 0.2) is 18.2 Å². The lowest BCUT2D eigenvalue weighted by atomic mass is 9.78. The number of hydrogen-bond acceptors (Lipinski definition) is 3. The third kappa shape index (κ3) is 6.22. The van der Waals surface area contributed by atoms with Gasteiger partial charge in [-0.25, -0.2) is 13.2 Å². The zero-order valence-electron chi connectivity index (χ0n) is 15.2. The van der Waals surface area contributed by atoms with Gasteiger partial charge in [0.1, 0.15) is 0 Å². The Kier molecular flexibility index (Phi) is 8.26. The standard InChI is InChI=1S/C20H27F3O3/c1-2-3-4-11-25-18-10-9-16(12-17(18)21)14-5-7-15(8-6-14)20(24)26-13-19(22)23/h9-10,12,14-15,19H,2-8,11,13H2,1H3. The molecule has 1 fully saturated rings. The summed E-state index contributed by atoms with van der Waals surface area (Å²) < 4.78 is 48.5. The number of ether oxygens (including phenoxy) is 2. The van der Waals surface area contributed by atoms with Gasteiger partial charge in [0.25, 0.3) is 6.43 Å². The Bertz CT molecular complexity index is 569. The maximum atomic E-state index is 14.2. The van der Waals surface area contributed by atoms with E-state index in [0.717, 1.165) is 24.8 Å². The van der Waals surface area contributed by atoms with Gasteiger partial charge < -0.3 is 9.47 Å². The second-order valence-electron chi connectivity index (χ2n) is 6.82. The van der Waals surface area contributed by atoms with E-state index in [9.17, 15) is 18.0 Å². The molecule has 6 heteroatoms. The lowest BCUT2D eigenvalue weighted by molar-refractivity contribution is -0.153. The second kappa shape index (κ2) is 10.4. The lowest BCUT2D eigenvalue weighted by Gasteiger charge is -2.27. The van der Waals surface area contributed by atoms with Crippen molar-refractivity contribution >= 4 is 5.97 Å². The molecule has 0 aliphatic heterocycles. The smallest absolute Gasteiger partial charge is 0.309 e. The number of unbranched alkanes of at least 4 members (excludes halogenated alkanes) is 2. The minimum absolute atomic E-state index is 0.165. The zero-order chi connectivity index (χ0) is 18.9. The summed E-state index contributed by atoms with van der Waals surface area (Å²) >= 11 is 0. The van der Waals surface area contributed by atoms with Crippen molar-refractivity contribution in [3.8, 4) is 5.75 Å². The number of benzene rings is 1. The first-order valence-corrected chi connectivity index (χ1v) is 9.38. The van der Waals surface area contributed by atoms with Crippen LogP contribution in [0.5, 0.6) is 5.75 Å². The maximum Gasteiger partial charge on any atom is 0.309 e. The Morgan fingerprint density at radius 2 is 1.92 bits per heavy atom. The molecule has 1 saturated carbocycles. The normalized spacial score (nSPS) is 20.2. The van der Waals surface area contributed by atoms with Gasteiger partial charge in [-0.1, -0.05) is 25.8 Å². The summed E-state index contributed by atoms with van der Waals surface area (Å²) in [6.45, 7) is 1.77. The molecule has 2 rings (SSSR count). The topological polar surface area (TPSA) is 35.5 Å². The molecule has 1 aliphatic carbocycles. The number of rotatable bonds is 9. The largest absolute Gasteiger partial charge is 0.491 e. The molecule has 0 heterocycles. The quantitative estimate of drug-likeness (QED) is 0.425. The summed E-state index contributed by atoms with van der Waals surface area (Å²) in [4.78, 5) is 11.8. The van der Waals surface area contributed by atoms with Crippen molar-refractivity contribution in [2.75, 3.05) is 13.2 Å². The molecule has 1 aliphatic rings. The second-order valence-corrected chi connectivity index (χ2v) is 6.82. The molecule has 0 bridgehead atoms. The van der Waals surface area contributed by atoms with Crippen molar-refractivity contribution in [3.05, 3.63) is 29.6 Å². The Hall–Kier alpha value is -1.72. The molecule has 0 amide bonds. The van der Waals surface area contributed by atoms with Gasteiger partial charge in [-0.3, -0.25) is 4.79 Å². The summed E-state index contributed by atoms with van der Waals surface area (Å²) in [7, 11) is 0. The van der Waals surface area contributed by atoms with Crippen LogP contribution in [0.3, 0.4) is 0 Å². The van der Waals surface area contributed by atoms with Gasteiger partial charge >= 0.3 is 5.97 Å². The summed E-state index contributed by atoms with van der Waals surface area (Å²) in [6.07, 6.45) is 2.98. The molecular formula is C20H27F3O3. The van der Waals surface area contributed by atoms with E-state index in [1.54, 1.807) is 6.07 Å². The number of carbonyl (C=O) groups is 1. The van der Waals surface area contributed by atoms with Crippen LogP contribution in [0, 0.1) is 11.7 Å². The fourth-order valence-corrected chi connectivity index (χ4v) is 3.35. The molecule has 0 N–H and O–H groups in total. The first kappa shape index (κ1) is 20.6. The van der Waals surface area contributed by atoms with Gasteiger partial charge in [0.2, 0.25) is 0 Å². The highest BCUT2D eigenvalue weighted by Crippen LogP contribution is 2.37. The average molecular weight is 372 g/mol. The summed E-state index contributed by atoms with van der Waals surface area (Å²) in [5.74, 6) is -0.814. The Labute approximate surface area is 152 Å². The van der Waals surface area contributed by atoms with E-state index >= 15 is 0 Å². The van der Waals surface area contributed by atoms with E-state index in [4.69, 9.17) is 4.74 Å². The zero-order valence-corrected chi connectivity index (χ0v) is 15.2. The van der Waals surface area contributed by atoms with Crippen LogP contribution < -0.4 is 4.74 Å². The molecular weight excluding hydrogens is 345 g/mol. The summed E-state index contributed by atoms with van der Waals surface area (Å²) in [5, 5.41) is 0. The van der Waals surface area contributed by atoms with Gasteiger partial charge in [-0.05, 0) is 55.7 Å². The minimum Gasteiger partial charge on any atom is -0.491 e. The monoisotopic (exact) mass is 372 g/mol. The molecule has 1 aromatic rings. The van der Waals surface area contributed by atoms with E-state index in [1.165, 1.54) is 6.07 Å². The first-order chi connectivity index (χ1) is 12.5. The van der Waals surface area contributed by atoms with Crippen molar-refractivity contribution in [3.63, 3.8) is 0 Å². The van der Waals surface area contributed by atoms with E-state index < -0.39 is 19.0 Å². The van der Waals surface area contributed by atoms with E-state index in [0.29, 0.717) is 32.3 Å². The fourth-order valence-electron chi connectivity index (χ4n) is 3.35. The van der Waals surface area contributed by atoms with Crippen LogP contribution in [0.25, 0.3) is 0 Å². The Morgan fingerprint density at radius 1 is 1.19 bits per heavy atom. The summed E-state index contributed by atoms with van der Waals surface area (Å²) in [6, 6.07) is 5.05. The van der Waals surface area contributed by atoms with Gasteiger partial charge in [0, 0.05) is 0 Å². The number of hydrogen-bond donors (Lipinski definition) is 0. The number of alkyl halides is 2. The van der Waals surface area contributed by atoms with Crippen LogP contribution in [0.4, 0.5) is 13.2 Å². The third-order valence-electron chi connectivity index (χ3n) is 4.84. The molecule has 0 radical (unpaired) electrons. The van der Waals surface area contributed by atoms with Crippen LogP contribution >= 0.6 is 0 Å². The molecule has 0 unspecified atom stereocenters. The van der Waals surface area contributed by atoms with Crippen molar-refractivity contribution in [1.29, 1.82) is 0 Å². The van der Waals surface area contributed by atoms with Gasteiger partial charge in [0.05, 0.1) is 12.5 Å². The molecule has 0 spiro atoms. The molecule has 0 aromatic heterocycles. The molecule has 0 atom stereocenters. The highest BCUT2D eigenvalue weighted by atomic mass is 19.3. The van der Waals surface area contributed by atoms with Crippen molar-refractivity contribution in [2.24, 2.45) is 5.92 Å². The van der Waals surface area contributed by atoms with Crippen LogP contribution in [0.2, 0.25) is 0 Å². The van der Waals surface area contributed by atoms with Crippen LogP contribution in [-0.4, -0.2) is 25.6 Å². The SMILES string of the molecule is CCCCCOc1ccc(C2CCC(C(=O)OCC(F)F)CC2)cc1F. The average Bonchev–Trinajstić information content (AvgIpc) is 2.64. The molecule has 26 heavy (non-hydrogen) atoms. The van der Waals surface area contributed by atoms with Gasteiger partial charge in [-0.15, -0.1) is 0 Å². The van der Waals surface area contributed by atoms with Crippen LogP contribution in [0.15, 0.2) is 18.2 Å².